The minimum Gasteiger partial charge on any atom is -0.494 e. The molecule has 0 radical (unpaired) electrons. The van der Waals surface area contributed by atoms with Crippen LogP contribution in [0.5, 0.6) is 11.5 Å². The first-order valence-electron chi connectivity index (χ1n) is 13.2. The van der Waals surface area contributed by atoms with E-state index in [1.807, 2.05) is 24.3 Å². The SMILES string of the molecule is C=CC(=O)OCC(COCCCCOc1ccc(C(=O)Oc2ccc(-c3ccc(C#N)cc3)cc2)cc1)OC(=O)C=C. The van der Waals surface area contributed by atoms with Gasteiger partial charge >= 0.3 is 17.9 Å². The minimum atomic E-state index is -0.755. The van der Waals surface area contributed by atoms with Crippen molar-refractivity contribution in [3.8, 4) is 28.7 Å². The monoisotopic (exact) mass is 569 g/mol. The number of unbranched alkanes of at least 4 members (excludes halogenated alkanes) is 1. The van der Waals surface area contributed by atoms with E-state index < -0.39 is 24.0 Å². The van der Waals surface area contributed by atoms with E-state index in [9.17, 15) is 14.4 Å². The third-order valence-electron chi connectivity index (χ3n) is 5.79. The van der Waals surface area contributed by atoms with Crippen LogP contribution in [0.4, 0.5) is 0 Å². The van der Waals surface area contributed by atoms with Crippen molar-refractivity contribution in [2.24, 2.45) is 0 Å². The fraction of sp³-hybridized carbons (Fsp3) is 0.212. The highest BCUT2D eigenvalue weighted by Crippen LogP contribution is 2.23. The summed E-state index contributed by atoms with van der Waals surface area (Å²) < 4.78 is 26.8. The van der Waals surface area contributed by atoms with Crippen molar-refractivity contribution in [2.45, 2.75) is 18.9 Å². The van der Waals surface area contributed by atoms with E-state index >= 15 is 0 Å². The molecule has 1 atom stereocenters. The van der Waals surface area contributed by atoms with Gasteiger partial charge in [-0.25, -0.2) is 14.4 Å². The standard InChI is InChI=1S/C33H31NO8/c1-3-31(35)40-23-30(41-32(36)4-2)22-38-19-5-6-20-39-28-15-13-27(14-16-28)33(37)42-29-17-11-26(12-18-29)25-9-7-24(21-34)8-10-25/h3-4,7-18,30H,1-2,5-6,19-20,22-23H2. The second-order valence-corrected chi connectivity index (χ2v) is 8.86. The molecule has 0 bridgehead atoms. The van der Waals surface area contributed by atoms with E-state index in [2.05, 4.69) is 19.2 Å². The summed E-state index contributed by atoms with van der Waals surface area (Å²) in [7, 11) is 0. The summed E-state index contributed by atoms with van der Waals surface area (Å²) in [5, 5.41) is 8.94. The molecule has 3 aromatic carbocycles. The van der Waals surface area contributed by atoms with Crippen LogP contribution >= 0.6 is 0 Å². The smallest absolute Gasteiger partial charge is 0.343 e. The highest BCUT2D eigenvalue weighted by atomic mass is 16.6. The molecule has 0 saturated carbocycles. The Balaban J connectivity index is 1.36. The molecule has 0 fully saturated rings. The maximum Gasteiger partial charge on any atom is 0.343 e. The van der Waals surface area contributed by atoms with Gasteiger partial charge in [0, 0.05) is 18.8 Å². The maximum atomic E-state index is 12.6. The second-order valence-electron chi connectivity index (χ2n) is 8.86. The maximum absolute atomic E-state index is 12.6. The molecule has 0 aromatic heterocycles. The fourth-order valence-electron chi connectivity index (χ4n) is 3.58. The summed E-state index contributed by atoms with van der Waals surface area (Å²) in [6.07, 6.45) is 2.67. The molecule has 0 spiro atoms. The van der Waals surface area contributed by atoms with Gasteiger partial charge in [-0.3, -0.25) is 0 Å². The molecule has 9 nitrogen and oxygen atoms in total. The average molecular weight is 570 g/mol. The Bertz CT molecular complexity index is 1390. The summed E-state index contributed by atoms with van der Waals surface area (Å²) in [6, 6.07) is 23.1. The fourth-order valence-corrected chi connectivity index (χ4v) is 3.58. The van der Waals surface area contributed by atoms with Gasteiger partial charge in [-0.1, -0.05) is 37.4 Å². The highest BCUT2D eigenvalue weighted by Gasteiger charge is 2.15. The predicted octanol–water partition coefficient (Wildman–Crippen LogP) is 5.45. The van der Waals surface area contributed by atoms with Crippen LogP contribution in [0.15, 0.2) is 98.1 Å². The van der Waals surface area contributed by atoms with Gasteiger partial charge in [-0.15, -0.1) is 0 Å². The zero-order valence-electron chi connectivity index (χ0n) is 23.0. The summed E-state index contributed by atoms with van der Waals surface area (Å²) in [6.45, 7) is 7.39. The van der Waals surface area contributed by atoms with E-state index in [0.29, 0.717) is 48.7 Å². The molecule has 216 valence electrons. The van der Waals surface area contributed by atoms with Crippen molar-refractivity contribution in [1.82, 2.24) is 0 Å². The predicted molar refractivity (Wildman–Crippen MR) is 155 cm³/mol. The van der Waals surface area contributed by atoms with Gasteiger partial charge in [0.2, 0.25) is 0 Å². The van der Waals surface area contributed by atoms with Crippen LogP contribution in [0.3, 0.4) is 0 Å². The van der Waals surface area contributed by atoms with Gasteiger partial charge in [-0.2, -0.15) is 5.26 Å². The van der Waals surface area contributed by atoms with Crippen LogP contribution in [-0.4, -0.2) is 50.4 Å². The van der Waals surface area contributed by atoms with Crippen molar-refractivity contribution in [2.75, 3.05) is 26.4 Å². The van der Waals surface area contributed by atoms with Crippen molar-refractivity contribution < 1.29 is 38.1 Å². The number of hydrogen-bond acceptors (Lipinski definition) is 9. The van der Waals surface area contributed by atoms with Gasteiger partial charge in [0.1, 0.15) is 18.1 Å². The number of hydrogen-bond donors (Lipinski definition) is 0. The molecular weight excluding hydrogens is 538 g/mol. The summed E-state index contributed by atoms with van der Waals surface area (Å²) in [5.41, 5.74) is 2.88. The Labute approximate surface area is 244 Å². The molecule has 0 saturated heterocycles. The number of carbonyl (C=O) groups is 3. The number of nitriles is 1. The molecule has 0 heterocycles. The first kappa shape index (κ1) is 31.3. The van der Waals surface area contributed by atoms with E-state index in [-0.39, 0.29) is 13.2 Å². The van der Waals surface area contributed by atoms with Crippen molar-refractivity contribution >= 4 is 17.9 Å². The van der Waals surface area contributed by atoms with Crippen molar-refractivity contribution in [1.29, 1.82) is 5.26 Å². The van der Waals surface area contributed by atoms with E-state index in [0.717, 1.165) is 23.3 Å². The molecule has 3 aromatic rings. The summed E-state index contributed by atoms with van der Waals surface area (Å²) in [5.74, 6) is -0.715. The molecular formula is C33H31NO8. The van der Waals surface area contributed by atoms with Crippen LogP contribution in [-0.2, 0) is 23.8 Å². The van der Waals surface area contributed by atoms with Crippen LogP contribution in [0.1, 0.15) is 28.8 Å². The van der Waals surface area contributed by atoms with Gasteiger partial charge in [0.15, 0.2) is 6.10 Å². The molecule has 3 rings (SSSR count). The number of carbonyl (C=O) groups excluding carboxylic acids is 3. The lowest BCUT2D eigenvalue weighted by atomic mass is 10.0. The number of esters is 3. The zero-order valence-corrected chi connectivity index (χ0v) is 23.0. The highest BCUT2D eigenvalue weighted by molar-refractivity contribution is 5.91. The molecule has 1 unspecified atom stereocenters. The lowest BCUT2D eigenvalue weighted by molar-refractivity contribution is -0.156. The lowest BCUT2D eigenvalue weighted by Crippen LogP contribution is -2.29. The van der Waals surface area contributed by atoms with Gasteiger partial charge < -0.3 is 23.7 Å². The summed E-state index contributed by atoms with van der Waals surface area (Å²) >= 11 is 0. The van der Waals surface area contributed by atoms with Crippen LogP contribution in [0.2, 0.25) is 0 Å². The molecule has 42 heavy (non-hydrogen) atoms. The Morgan fingerprint density at radius 3 is 1.98 bits per heavy atom. The minimum absolute atomic E-state index is 0.0592. The van der Waals surface area contributed by atoms with Crippen LogP contribution < -0.4 is 9.47 Å². The van der Waals surface area contributed by atoms with Gasteiger partial charge in [0.05, 0.1) is 30.4 Å². The lowest BCUT2D eigenvalue weighted by Gasteiger charge is -2.17. The zero-order chi connectivity index (χ0) is 30.2. The molecule has 0 aliphatic rings. The third kappa shape index (κ3) is 10.4. The quantitative estimate of drug-likeness (QED) is 0.0960. The van der Waals surface area contributed by atoms with Crippen molar-refractivity contribution in [3.05, 3.63) is 109 Å². The molecule has 0 amide bonds. The Morgan fingerprint density at radius 1 is 0.762 bits per heavy atom. The normalized spacial score (nSPS) is 10.9. The Morgan fingerprint density at radius 2 is 1.36 bits per heavy atom. The number of benzene rings is 3. The number of nitrogens with zero attached hydrogens (tertiary/aromatic N) is 1. The first-order valence-corrected chi connectivity index (χ1v) is 13.2. The topological polar surface area (TPSA) is 121 Å². The summed E-state index contributed by atoms with van der Waals surface area (Å²) in [4.78, 5) is 35.3. The van der Waals surface area contributed by atoms with Gasteiger partial charge in [-0.05, 0) is 72.5 Å². The molecule has 0 aliphatic carbocycles. The van der Waals surface area contributed by atoms with E-state index in [1.165, 1.54) is 0 Å². The van der Waals surface area contributed by atoms with E-state index in [1.54, 1.807) is 48.5 Å². The van der Waals surface area contributed by atoms with Crippen LogP contribution in [0, 0.1) is 11.3 Å². The van der Waals surface area contributed by atoms with Gasteiger partial charge in [0.25, 0.3) is 0 Å². The largest absolute Gasteiger partial charge is 0.494 e. The van der Waals surface area contributed by atoms with E-state index in [4.69, 9.17) is 28.9 Å². The van der Waals surface area contributed by atoms with Crippen LogP contribution in [0.25, 0.3) is 11.1 Å². The first-order chi connectivity index (χ1) is 20.4. The average Bonchev–Trinajstić information content (AvgIpc) is 3.03. The number of ether oxygens (including phenoxy) is 5. The Kier molecular flexibility index (Phi) is 12.5. The second kappa shape index (κ2) is 16.8. The van der Waals surface area contributed by atoms with Crippen molar-refractivity contribution in [3.63, 3.8) is 0 Å². The third-order valence-corrected chi connectivity index (χ3v) is 5.79. The molecule has 0 N–H and O–H groups in total. The molecule has 9 heteroatoms. The Hall–Kier alpha value is -5.20. The molecule has 0 aliphatic heterocycles. The number of rotatable bonds is 16.